The van der Waals surface area contributed by atoms with Crippen molar-refractivity contribution in [2.45, 2.75) is 30.7 Å². The average molecular weight is 269 g/mol. The molecular weight excluding hydrogens is 250 g/mol. The van der Waals surface area contributed by atoms with Gasteiger partial charge in [0.2, 0.25) is 0 Å². The lowest BCUT2D eigenvalue weighted by Gasteiger charge is -2.35. The smallest absolute Gasteiger partial charge is 0.182 e. The molecular formula is C13H19NO3S. The number of hydrogen-bond donors (Lipinski definition) is 1. The summed E-state index contributed by atoms with van der Waals surface area (Å²) in [5.41, 5.74) is 1.84. The number of nitrogens with zero attached hydrogens (tertiary/aromatic N) is 1. The molecule has 100 valence electrons. The Morgan fingerprint density at radius 2 is 2.17 bits per heavy atom. The van der Waals surface area contributed by atoms with E-state index in [1.807, 2.05) is 31.0 Å². The highest BCUT2D eigenvalue weighted by Crippen LogP contribution is 2.34. The molecule has 0 fully saturated rings. The first-order valence-electron chi connectivity index (χ1n) is 6.13. The Bertz CT molecular complexity index is 539. The first kappa shape index (κ1) is 13.4. The summed E-state index contributed by atoms with van der Waals surface area (Å²) in [5, 5.41) is 8.88. The molecule has 1 aromatic rings. The zero-order valence-electron chi connectivity index (χ0n) is 10.8. The van der Waals surface area contributed by atoms with Crippen molar-refractivity contribution in [3.05, 3.63) is 23.8 Å². The minimum absolute atomic E-state index is 0.0450. The van der Waals surface area contributed by atoms with Crippen LogP contribution in [0.4, 0.5) is 5.69 Å². The number of rotatable bonds is 3. The van der Waals surface area contributed by atoms with Crippen LogP contribution >= 0.6 is 0 Å². The van der Waals surface area contributed by atoms with Gasteiger partial charge in [0.1, 0.15) is 0 Å². The van der Waals surface area contributed by atoms with E-state index in [0.717, 1.165) is 11.3 Å². The van der Waals surface area contributed by atoms with Crippen molar-refractivity contribution in [2.75, 3.05) is 24.3 Å². The minimum atomic E-state index is -3.19. The molecule has 1 N–H and O–H groups in total. The second-order valence-corrected chi connectivity index (χ2v) is 6.89. The van der Waals surface area contributed by atoms with E-state index in [-0.39, 0.29) is 18.4 Å². The summed E-state index contributed by atoms with van der Waals surface area (Å²) in [6.07, 6.45) is 1.32. The second-order valence-electron chi connectivity index (χ2n) is 4.88. The van der Waals surface area contributed by atoms with E-state index in [1.165, 1.54) is 0 Å². The van der Waals surface area contributed by atoms with Gasteiger partial charge in [-0.15, -0.1) is 0 Å². The Morgan fingerprint density at radius 3 is 2.83 bits per heavy atom. The SMILES string of the molecule is Cc1ccc2c(c1)N(C)C(CCCO)CS2(=O)=O. The van der Waals surface area contributed by atoms with Crippen LogP contribution in [0.1, 0.15) is 18.4 Å². The Morgan fingerprint density at radius 1 is 1.44 bits per heavy atom. The maximum atomic E-state index is 12.2. The number of hydrogen-bond acceptors (Lipinski definition) is 4. The summed E-state index contributed by atoms with van der Waals surface area (Å²) >= 11 is 0. The van der Waals surface area contributed by atoms with Gasteiger partial charge in [-0.1, -0.05) is 6.07 Å². The number of sulfone groups is 1. The quantitative estimate of drug-likeness (QED) is 0.900. The minimum Gasteiger partial charge on any atom is -0.396 e. The molecule has 0 amide bonds. The Labute approximate surface area is 108 Å². The molecule has 0 saturated carbocycles. The van der Waals surface area contributed by atoms with Gasteiger partial charge in [0.25, 0.3) is 0 Å². The van der Waals surface area contributed by atoms with E-state index in [2.05, 4.69) is 0 Å². The summed E-state index contributed by atoms with van der Waals surface area (Å²) in [6, 6.07) is 5.39. The maximum absolute atomic E-state index is 12.2. The van der Waals surface area contributed by atoms with E-state index in [1.54, 1.807) is 6.07 Å². The molecule has 1 atom stereocenters. The number of fused-ring (bicyclic) bond motifs is 1. The summed E-state index contributed by atoms with van der Waals surface area (Å²) in [7, 11) is -1.27. The van der Waals surface area contributed by atoms with Crippen molar-refractivity contribution in [3.8, 4) is 0 Å². The number of aryl methyl sites for hydroxylation is 1. The van der Waals surface area contributed by atoms with Crippen LogP contribution in [0.3, 0.4) is 0 Å². The molecule has 4 nitrogen and oxygen atoms in total. The average Bonchev–Trinajstić information content (AvgIpc) is 2.31. The van der Waals surface area contributed by atoms with Crippen LogP contribution in [0.2, 0.25) is 0 Å². The van der Waals surface area contributed by atoms with Crippen LogP contribution in [0.25, 0.3) is 0 Å². The topological polar surface area (TPSA) is 57.6 Å². The molecule has 0 aliphatic carbocycles. The molecule has 0 bridgehead atoms. The predicted octanol–water partition coefficient (Wildman–Crippen LogP) is 1.36. The molecule has 1 aromatic carbocycles. The van der Waals surface area contributed by atoms with Gasteiger partial charge in [-0.3, -0.25) is 0 Å². The molecule has 1 aliphatic rings. The van der Waals surface area contributed by atoms with Gasteiger partial charge in [-0.2, -0.15) is 0 Å². The first-order valence-corrected chi connectivity index (χ1v) is 7.78. The van der Waals surface area contributed by atoms with Crippen molar-refractivity contribution < 1.29 is 13.5 Å². The van der Waals surface area contributed by atoms with Crippen LogP contribution in [0, 0.1) is 6.92 Å². The van der Waals surface area contributed by atoms with E-state index in [4.69, 9.17) is 5.11 Å². The molecule has 0 spiro atoms. The van der Waals surface area contributed by atoms with Crippen molar-refractivity contribution in [3.63, 3.8) is 0 Å². The molecule has 2 rings (SSSR count). The van der Waals surface area contributed by atoms with Crippen LogP contribution in [0.5, 0.6) is 0 Å². The van der Waals surface area contributed by atoms with Gasteiger partial charge in [0.05, 0.1) is 16.3 Å². The van der Waals surface area contributed by atoms with Crippen molar-refractivity contribution in [2.24, 2.45) is 0 Å². The summed E-state index contributed by atoms with van der Waals surface area (Å²) < 4.78 is 24.4. The fourth-order valence-electron chi connectivity index (χ4n) is 2.42. The van der Waals surface area contributed by atoms with Gasteiger partial charge >= 0.3 is 0 Å². The molecule has 1 unspecified atom stereocenters. The van der Waals surface area contributed by atoms with Gasteiger partial charge in [0.15, 0.2) is 9.84 Å². The lowest BCUT2D eigenvalue weighted by molar-refractivity contribution is 0.280. The Kier molecular flexibility index (Phi) is 3.64. The lowest BCUT2D eigenvalue weighted by Crippen LogP contribution is -2.42. The van der Waals surface area contributed by atoms with Gasteiger partial charge in [-0.05, 0) is 37.5 Å². The van der Waals surface area contributed by atoms with Gasteiger partial charge in [-0.25, -0.2) is 8.42 Å². The zero-order chi connectivity index (χ0) is 13.3. The standard InChI is InChI=1S/C13H19NO3S/c1-10-5-6-13-12(8-10)14(2)11(4-3-7-15)9-18(13,16)17/h5-6,8,11,15H,3-4,7,9H2,1-2H3. The van der Waals surface area contributed by atoms with E-state index in [9.17, 15) is 8.42 Å². The highest BCUT2D eigenvalue weighted by atomic mass is 32.2. The second kappa shape index (κ2) is 4.90. The Balaban J connectivity index is 2.42. The maximum Gasteiger partial charge on any atom is 0.182 e. The third kappa shape index (κ3) is 2.37. The molecule has 0 aromatic heterocycles. The fourth-order valence-corrected chi connectivity index (χ4v) is 4.29. The largest absolute Gasteiger partial charge is 0.396 e. The first-order chi connectivity index (χ1) is 8.45. The van der Waals surface area contributed by atoms with E-state index < -0.39 is 9.84 Å². The van der Waals surface area contributed by atoms with Crippen molar-refractivity contribution >= 4 is 15.5 Å². The van der Waals surface area contributed by atoms with E-state index >= 15 is 0 Å². The number of benzene rings is 1. The van der Waals surface area contributed by atoms with Crippen LogP contribution in [0.15, 0.2) is 23.1 Å². The van der Waals surface area contributed by atoms with Crippen LogP contribution in [-0.2, 0) is 9.84 Å². The van der Waals surface area contributed by atoms with E-state index in [0.29, 0.717) is 17.7 Å². The summed E-state index contributed by atoms with van der Waals surface area (Å²) in [6.45, 7) is 2.06. The molecule has 5 heteroatoms. The molecule has 18 heavy (non-hydrogen) atoms. The van der Waals surface area contributed by atoms with Gasteiger partial charge in [0, 0.05) is 19.7 Å². The Hall–Kier alpha value is -1.07. The van der Waals surface area contributed by atoms with Crippen molar-refractivity contribution in [1.82, 2.24) is 0 Å². The summed E-state index contributed by atoms with van der Waals surface area (Å²) in [4.78, 5) is 2.45. The molecule has 1 heterocycles. The predicted molar refractivity (Wildman–Crippen MR) is 71.7 cm³/mol. The molecule has 0 saturated heterocycles. The normalized spacial score (nSPS) is 21.7. The summed E-state index contributed by atoms with van der Waals surface area (Å²) in [5.74, 6) is 0.138. The lowest BCUT2D eigenvalue weighted by atomic mass is 10.1. The number of anilines is 1. The number of aliphatic hydroxyl groups excluding tert-OH is 1. The fraction of sp³-hybridized carbons (Fsp3) is 0.538. The molecule has 0 radical (unpaired) electrons. The number of aliphatic hydroxyl groups is 1. The van der Waals surface area contributed by atoms with Crippen LogP contribution < -0.4 is 4.90 Å². The highest BCUT2D eigenvalue weighted by molar-refractivity contribution is 7.91. The van der Waals surface area contributed by atoms with Gasteiger partial charge < -0.3 is 10.0 Å². The highest BCUT2D eigenvalue weighted by Gasteiger charge is 2.33. The van der Waals surface area contributed by atoms with Crippen molar-refractivity contribution in [1.29, 1.82) is 0 Å². The third-order valence-electron chi connectivity index (χ3n) is 3.48. The third-order valence-corrected chi connectivity index (χ3v) is 5.32. The molecule has 1 aliphatic heterocycles. The monoisotopic (exact) mass is 269 g/mol. The van der Waals surface area contributed by atoms with Crippen LogP contribution in [-0.4, -0.2) is 39.0 Å². The zero-order valence-corrected chi connectivity index (χ0v) is 11.6.